The number of nitro groups is 1. The molecule has 7 heteroatoms. The maximum Gasteiger partial charge on any atom is 0.326 e. The summed E-state index contributed by atoms with van der Waals surface area (Å²) in [5.41, 5.74) is 0.323. The topological polar surface area (TPSA) is 101 Å². The molecule has 1 atom stereocenters. The number of carbonyl (C=O) groups is 2. The number of benzene rings is 1. The van der Waals surface area contributed by atoms with Gasteiger partial charge in [0.1, 0.15) is 6.04 Å². The highest BCUT2D eigenvalue weighted by atomic mass is 16.6. The number of nitro benzene ring substituents is 1. The summed E-state index contributed by atoms with van der Waals surface area (Å²) in [5, 5.41) is 20.1. The maximum atomic E-state index is 12.6. The molecule has 0 aliphatic carbocycles. The molecule has 1 saturated heterocycles. The van der Waals surface area contributed by atoms with Crippen LogP contribution >= 0.6 is 0 Å². The third-order valence-corrected chi connectivity index (χ3v) is 3.78. The molecule has 2 rings (SSSR count). The van der Waals surface area contributed by atoms with Crippen molar-refractivity contribution >= 4 is 17.6 Å². The van der Waals surface area contributed by atoms with Gasteiger partial charge in [0.05, 0.1) is 4.92 Å². The molecule has 1 heterocycles. The first-order valence-electron chi connectivity index (χ1n) is 6.71. The van der Waals surface area contributed by atoms with E-state index < -0.39 is 22.8 Å². The lowest BCUT2D eigenvalue weighted by molar-refractivity contribution is -0.385. The summed E-state index contributed by atoms with van der Waals surface area (Å²) >= 11 is 0. The van der Waals surface area contributed by atoms with Gasteiger partial charge in [-0.3, -0.25) is 14.9 Å². The number of carboxylic acids is 1. The molecule has 1 aliphatic rings. The van der Waals surface area contributed by atoms with Crippen molar-refractivity contribution in [1.29, 1.82) is 0 Å². The highest BCUT2D eigenvalue weighted by Crippen LogP contribution is 2.25. The number of amides is 1. The summed E-state index contributed by atoms with van der Waals surface area (Å²) in [6.07, 6.45) is 1.91. The lowest BCUT2D eigenvalue weighted by Crippen LogP contribution is -2.48. The predicted octanol–water partition coefficient (Wildman–Crippen LogP) is 1.98. The predicted molar refractivity (Wildman–Crippen MR) is 74.1 cm³/mol. The van der Waals surface area contributed by atoms with Crippen molar-refractivity contribution in [3.63, 3.8) is 0 Å². The third kappa shape index (κ3) is 2.86. The first kappa shape index (κ1) is 15.0. The Bertz CT molecular complexity index is 599. The summed E-state index contributed by atoms with van der Waals surface area (Å²) in [5.74, 6) is -1.49. The Labute approximate surface area is 121 Å². The Balaban J connectivity index is 2.37. The lowest BCUT2D eigenvalue weighted by Gasteiger charge is -2.33. The molecule has 21 heavy (non-hydrogen) atoms. The van der Waals surface area contributed by atoms with Crippen LogP contribution in [0.3, 0.4) is 0 Å². The molecule has 1 N–H and O–H groups in total. The zero-order valence-corrected chi connectivity index (χ0v) is 11.6. The van der Waals surface area contributed by atoms with Crippen LogP contribution in [0.25, 0.3) is 0 Å². The normalized spacial score (nSPS) is 18.3. The minimum atomic E-state index is -1.04. The van der Waals surface area contributed by atoms with Gasteiger partial charge in [0, 0.05) is 23.7 Å². The smallest absolute Gasteiger partial charge is 0.326 e. The van der Waals surface area contributed by atoms with E-state index in [1.165, 1.54) is 30.0 Å². The van der Waals surface area contributed by atoms with Crippen LogP contribution in [0, 0.1) is 17.0 Å². The van der Waals surface area contributed by atoms with Crippen molar-refractivity contribution in [3.8, 4) is 0 Å². The highest BCUT2D eigenvalue weighted by molar-refractivity contribution is 5.98. The number of carbonyl (C=O) groups excluding carboxylic acids is 1. The lowest BCUT2D eigenvalue weighted by atomic mass is 9.99. The molecule has 0 bridgehead atoms. The number of carboxylic acid groups (broad SMARTS) is 1. The molecule has 1 amide bonds. The number of likely N-dealkylation sites (tertiary alicyclic amines) is 1. The average molecular weight is 292 g/mol. The fourth-order valence-corrected chi connectivity index (χ4v) is 2.64. The molecule has 0 spiro atoms. The van der Waals surface area contributed by atoms with Gasteiger partial charge >= 0.3 is 5.97 Å². The summed E-state index contributed by atoms with van der Waals surface area (Å²) in [4.78, 5) is 35.5. The SMILES string of the molecule is Cc1c(C(=O)N2CCCC[C@H]2C(=O)O)cccc1[N+](=O)[O-]. The summed E-state index contributed by atoms with van der Waals surface area (Å²) < 4.78 is 0. The van der Waals surface area contributed by atoms with Crippen LogP contribution in [0.2, 0.25) is 0 Å². The quantitative estimate of drug-likeness (QED) is 0.678. The molecule has 0 radical (unpaired) electrons. The molecule has 112 valence electrons. The van der Waals surface area contributed by atoms with Crippen molar-refractivity contribution in [1.82, 2.24) is 4.90 Å². The van der Waals surface area contributed by atoms with E-state index in [4.69, 9.17) is 0 Å². The summed E-state index contributed by atoms with van der Waals surface area (Å²) in [6, 6.07) is 3.41. The molecule has 0 unspecified atom stereocenters. The van der Waals surface area contributed by atoms with E-state index >= 15 is 0 Å². The number of aliphatic carboxylic acids is 1. The largest absolute Gasteiger partial charge is 0.480 e. The Kier molecular flexibility index (Phi) is 4.21. The van der Waals surface area contributed by atoms with Crippen LogP contribution in [-0.4, -0.2) is 39.4 Å². The average Bonchev–Trinajstić information content (AvgIpc) is 2.46. The fraction of sp³-hybridized carbons (Fsp3) is 0.429. The molecule has 1 aromatic rings. The molecule has 1 aromatic carbocycles. The first-order valence-corrected chi connectivity index (χ1v) is 6.71. The van der Waals surface area contributed by atoms with E-state index in [1.54, 1.807) is 0 Å². The minimum absolute atomic E-state index is 0.135. The number of rotatable bonds is 3. The van der Waals surface area contributed by atoms with Gasteiger partial charge in [0.15, 0.2) is 0 Å². The van der Waals surface area contributed by atoms with E-state index in [2.05, 4.69) is 0 Å². The van der Waals surface area contributed by atoms with Crippen molar-refractivity contribution in [3.05, 3.63) is 39.4 Å². The van der Waals surface area contributed by atoms with Gasteiger partial charge in [0.2, 0.25) is 0 Å². The third-order valence-electron chi connectivity index (χ3n) is 3.78. The number of piperidine rings is 1. The van der Waals surface area contributed by atoms with E-state index in [-0.39, 0.29) is 16.8 Å². The molecule has 1 fully saturated rings. The number of nitrogens with zero attached hydrogens (tertiary/aromatic N) is 2. The van der Waals surface area contributed by atoms with Crippen molar-refractivity contribution in [2.75, 3.05) is 6.54 Å². The van der Waals surface area contributed by atoms with E-state index in [1.807, 2.05) is 0 Å². The molecule has 7 nitrogen and oxygen atoms in total. The van der Waals surface area contributed by atoms with Gasteiger partial charge < -0.3 is 10.0 Å². The number of hydrogen-bond donors (Lipinski definition) is 1. The van der Waals surface area contributed by atoms with E-state index in [0.717, 1.165) is 12.8 Å². The molecule has 1 aliphatic heterocycles. The van der Waals surface area contributed by atoms with Gasteiger partial charge in [-0.1, -0.05) is 6.07 Å². The molecular formula is C14H16N2O5. The zero-order valence-electron chi connectivity index (χ0n) is 11.6. The van der Waals surface area contributed by atoms with Crippen molar-refractivity contribution < 1.29 is 19.6 Å². The second-order valence-corrected chi connectivity index (χ2v) is 5.06. The van der Waals surface area contributed by atoms with Crippen LogP contribution in [0.5, 0.6) is 0 Å². The van der Waals surface area contributed by atoms with Gasteiger partial charge in [-0.25, -0.2) is 4.79 Å². The first-order chi connectivity index (χ1) is 9.93. The summed E-state index contributed by atoms with van der Waals surface area (Å²) in [7, 11) is 0. The second kappa shape index (κ2) is 5.90. The zero-order chi connectivity index (χ0) is 15.6. The minimum Gasteiger partial charge on any atom is -0.480 e. The van der Waals surface area contributed by atoms with Crippen molar-refractivity contribution in [2.45, 2.75) is 32.2 Å². The Hall–Kier alpha value is -2.44. The second-order valence-electron chi connectivity index (χ2n) is 5.06. The maximum absolute atomic E-state index is 12.6. The Morgan fingerprint density at radius 3 is 2.71 bits per heavy atom. The Morgan fingerprint density at radius 1 is 1.38 bits per heavy atom. The van der Waals surface area contributed by atoms with Crippen LogP contribution < -0.4 is 0 Å². The van der Waals surface area contributed by atoms with Crippen LogP contribution in [0.15, 0.2) is 18.2 Å². The summed E-state index contributed by atoms with van der Waals surface area (Å²) in [6.45, 7) is 1.86. The highest BCUT2D eigenvalue weighted by Gasteiger charge is 2.33. The monoisotopic (exact) mass is 292 g/mol. The molecule has 0 aromatic heterocycles. The van der Waals surface area contributed by atoms with Crippen LogP contribution in [-0.2, 0) is 4.79 Å². The van der Waals surface area contributed by atoms with Gasteiger partial charge in [0.25, 0.3) is 11.6 Å². The standard InChI is InChI=1S/C14H16N2O5/c1-9-10(5-4-7-11(9)16(20)21)13(17)15-8-3-2-6-12(15)14(18)19/h4-5,7,12H,2-3,6,8H2,1H3,(H,18,19)/t12-/m0/s1. The van der Waals surface area contributed by atoms with Crippen LogP contribution in [0.1, 0.15) is 35.2 Å². The Morgan fingerprint density at radius 2 is 2.10 bits per heavy atom. The van der Waals surface area contributed by atoms with E-state index in [9.17, 15) is 24.8 Å². The number of hydrogen-bond acceptors (Lipinski definition) is 4. The fourth-order valence-electron chi connectivity index (χ4n) is 2.64. The van der Waals surface area contributed by atoms with Crippen molar-refractivity contribution in [2.24, 2.45) is 0 Å². The molecule has 0 saturated carbocycles. The van der Waals surface area contributed by atoms with Gasteiger partial charge in [-0.2, -0.15) is 0 Å². The van der Waals surface area contributed by atoms with Crippen LogP contribution in [0.4, 0.5) is 5.69 Å². The van der Waals surface area contributed by atoms with Gasteiger partial charge in [-0.05, 0) is 32.3 Å². The van der Waals surface area contributed by atoms with Gasteiger partial charge in [-0.15, -0.1) is 0 Å². The van der Waals surface area contributed by atoms with E-state index in [0.29, 0.717) is 13.0 Å². The molecular weight excluding hydrogens is 276 g/mol.